The van der Waals surface area contributed by atoms with Gasteiger partial charge >= 0.3 is 0 Å². The van der Waals surface area contributed by atoms with Crippen LogP contribution in [0.1, 0.15) is 32.6 Å². The molecule has 94 valence electrons. The van der Waals surface area contributed by atoms with E-state index < -0.39 is 0 Å². The lowest BCUT2D eigenvalue weighted by molar-refractivity contribution is 0.145. The molecule has 0 aromatic rings. The summed E-state index contributed by atoms with van der Waals surface area (Å²) in [7, 11) is 0. The Bertz CT molecular complexity index is 203. The topological polar surface area (TPSA) is 41.3 Å². The molecule has 0 amide bonds. The molecule has 0 radical (unpaired) electrons. The summed E-state index contributed by atoms with van der Waals surface area (Å²) in [6.45, 7) is 7.90. The van der Waals surface area contributed by atoms with Crippen molar-refractivity contribution in [2.75, 3.05) is 32.7 Å². The third-order valence-corrected chi connectivity index (χ3v) is 4.10. The molecule has 0 bridgehead atoms. The van der Waals surface area contributed by atoms with Crippen LogP contribution in [0.3, 0.4) is 0 Å². The molecule has 2 unspecified atom stereocenters. The van der Waals surface area contributed by atoms with E-state index >= 15 is 0 Å². The molecule has 0 aromatic heterocycles. The zero-order valence-corrected chi connectivity index (χ0v) is 10.6. The second-order valence-corrected chi connectivity index (χ2v) is 5.79. The molecule has 3 N–H and O–H groups in total. The Kier molecular flexibility index (Phi) is 4.62. The Hall–Kier alpha value is -0.120. The fourth-order valence-corrected chi connectivity index (χ4v) is 3.01. The van der Waals surface area contributed by atoms with Crippen LogP contribution < -0.4 is 11.1 Å². The summed E-state index contributed by atoms with van der Waals surface area (Å²) in [5.41, 5.74) is 5.64. The summed E-state index contributed by atoms with van der Waals surface area (Å²) >= 11 is 0. The van der Waals surface area contributed by atoms with Crippen molar-refractivity contribution in [1.29, 1.82) is 0 Å². The van der Waals surface area contributed by atoms with Gasteiger partial charge in [0.1, 0.15) is 0 Å². The van der Waals surface area contributed by atoms with Gasteiger partial charge in [-0.3, -0.25) is 0 Å². The molecule has 2 rings (SSSR count). The lowest BCUT2D eigenvalue weighted by atomic mass is 9.85. The predicted molar refractivity (Wildman–Crippen MR) is 68.4 cm³/mol. The molecule has 1 saturated heterocycles. The molecule has 2 fully saturated rings. The van der Waals surface area contributed by atoms with E-state index in [1.807, 2.05) is 0 Å². The van der Waals surface area contributed by atoms with Crippen molar-refractivity contribution >= 4 is 0 Å². The molecule has 2 atom stereocenters. The zero-order valence-electron chi connectivity index (χ0n) is 10.6. The molecule has 0 aromatic carbocycles. The number of rotatable bonds is 5. The van der Waals surface area contributed by atoms with E-state index in [9.17, 15) is 0 Å². The van der Waals surface area contributed by atoms with Gasteiger partial charge < -0.3 is 16.0 Å². The maximum absolute atomic E-state index is 5.64. The van der Waals surface area contributed by atoms with Crippen LogP contribution in [0, 0.1) is 11.8 Å². The molecule has 16 heavy (non-hydrogen) atoms. The molecule has 1 saturated carbocycles. The first-order valence-electron chi connectivity index (χ1n) is 6.93. The Morgan fingerprint density at radius 1 is 1.31 bits per heavy atom. The number of nitrogens with two attached hydrogens (primary N) is 1. The van der Waals surface area contributed by atoms with Crippen molar-refractivity contribution in [3.05, 3.63) is 0 Å². The van der Waals surface area contributed by atoms with E-state index in [0.717, 1.165) is 24.9 Å². The first kappa shape index (κ1) is 12.3. The SMILES string of the molecule is CC1CC(NCC2CCC2)CN(CCN)C1. The van der Waals surface area contributed by atoms with Gasteiger partial charge in [-0.1, -0.05) is 13.3 Å². The molecular formula is C13H27N3. The highest BCUT2D eigenvalue weighted by molar-refractivity contribution is 4.83. The second-order valence-electron chi connectivity index (χ2n) is 5.79. The molecule has 1 heterocycles. The van der Waals surface area contributed by atoms with Gasteiger partial charge in [0.2, 0.25) is 0 Å². The maximum atomic E-state index is 5.64. The molecule has 1 aliphatic heterocycles. The highest BCUT2D eigenvalue weighted by Crippen LogP contribution is 2.26. The van der Waals surface area contributed by atoms with Gasteiger partial charge in [0.05, 0.1) is 0 Å². The van der Waals surface area contributed by atoms with Crippen LogP contribution >= 0.6 is 0 Å². The number of nitrogens with zero attached hydrogens (tertiary/aromatic N) is 1. The number of piperidine rings is 1. The van der Waals surface area contributed by atoms with Crippen molar-refractivity contribution in [2.45, 2.75) is 38.6 Å². The van der Waals surface area contributed by atoms with Gasteiger partial charge in [-0.2, -0.15) is 0 Å². The molecule has 0 spiro atoms. The second kappa shape index (κ2) is 5.99. The van der Waals surface area contributed by atoms with Crippen molar-refractivity contribution < 1.29 is 0 Å². The number of nitrogens with one attached hydrogen (secondary N) is 1. The monoisotopic (exact) mass is 225 g/mol. The molecular weight excluding hydrogens is 198 g/mol. The normalized spacial score (nSPS) is 32.6. The zero-order chi connectivity index (χ0) is 11.4. The lowest BCUT2D eigenvalue weighted by Gasteiger charge is -2.38. The number of likely N-dealkylation sites (tertiary alicyclic amines) is 1. The maximum Gasteiger partial charge on any atom is 0.0198 e. The van der Waals surface area contributed by atoms with E-state index in [4.69, 9.17) is 5.73 Å². The van der Waals surface area contributed by atoms with E-state index in [1.54, 1.807) is 0 Å². The van der Waals surface area contributed by atoms with Crippen molar-refractivity contribution in [1.82, 2.24) is 10.2 Å². The fraction of sp³-hybridized carbons (Fsp3) is 1.00. The third kappa shape index (κ3) is 3.44. The van der Waals surface area contributed by atoms with Crippen LogP contribution in [-0.4, -0.2) is 43.7 Å². The highest BCUT2D eigenvalue weighted by Gasteiger charge is 2.25. The van der Waals surface area contributed by atoms with Crippen LogP contribution in [-0.2, 0) is 0 Å². The van der Waals surface area contributed by atoms with Gasteiger partial charge in [0, 0.05) is 32.2 Å². The Morgan fingerprint density at radius 3 is 2.75 bits per heavy atom. The largest absolute Gasteiger partial charge is 0.329 e. The van der Waals surface area contributed by atoms with Gasteiger partial charge in [0.15, 0.2) is 0 Å². The van der Waals surface area contributed by atoms with Crippen LogP contribution in [0.2, 0.25) is 0 Å². The molecule has 2 aliphatic rings. The number of hydrogen-bond acceptors (Lipinski definition) is 3. The van der Waals surface area contributed by atoms with Crippen molar-refractivity contribution in [3.63, 3.8) is 0 Å². The average molecular weight is 225 g/mol. The van der Waals surface area contributed by atoms with E-state index in [-0.39, 0.29) is 0 Å². The summed E-state index contributed by atoms with van der Waals surface area (Å²) in [6.07, 6.45) is 5.68. The van der Waals surface area contributed by atoms with E-state index in [1.165, 1.54) is 45.3 Å². The van der Waals surface area contributed by atoms with E-state index in [0.29, 0.717) is 6.04 Å². The first-order valence-corrected chi connectivity index (χ1v) is 6.93. The third-order valence-electron chi connectivity index (χ3n) is 4.10. The predicted octanol–water partition coefficient (Wildman–Crippen LogP) is 1.05. The van der Waals surface area contributed by atoms with Gasteiger partial charge in [-0.05, 0) is 37.6 Å². The van der Waals surface area contributed by atoms with Crippen LogP contribution in [0.15, 0.2) is 0 Å². The highest BCUT2D eigenvalue weighted by atomic mass is 15.2. The Balaban J connectivity index is 1.70. The quantitative estimate of drug-likeness (QED) is 0.735. The smallest absolute Gasteiger partial charge is 0.0198 e. The van der Waals surface area contributed by atoms with Crippen molar-refractivity contribution in [3.8, 4) is 0 Å². The van der Waals surface area contributed by atoms with Crippen molar-refractivity contribution in [2.24, 2.45) is 17.6 Å². The summed E-state index contributed by atoms with van der Waals surface area (Å²) in [4.78, 5) is 2.52. The average Bonchev–Trinajstić information content (AvgIpc) is 2.14. The van der Waals surface area contributed by atoms with Crippen LogP contribution in [0.5, 0.6) is 0 Å². The minimum absolute atomic E-state index is 0.705. The van der Waals surface area contributed by atoms with E-state index in [2.05, 4.69) is 17.1 Å². The standard InChI is InChI=1S/C13H27N3/c1-11-7-13(10-16(9-11)6-5-14)15-8-12-3-2-4-12/h11-13,15H,2-10,14H2,1H3. The summed E-state index contributed by atoms with van der Waals surface area (Å²) in [5, 5.41) is 3.76. The van der Waals surface area contributed by atoms with Gasteiger partial charge in [0.25, 0.3) is 0 Å². The Labute approximate surface area is 99.8 Å². The summed E-state index contributed by atoms with van der Waals surface area (Å²) in [6, 6.07) is 0.705. The Morgan fingerprint density at radius 2 is 2.12 bits per heavy atom. The minimum Gasteiger partial charge on any atom is -0.329 e. The molecule has 1 aliphatic carbocycles. The van der Waals surface area contributed by atoms with Gasteiger partial charge in [-0.15, -0.1) is 0 Å². The summed E-state index contributed by atoms with van der Waals surface area (Å²) in [5.74, 6) is 1.79. The fourth-order valence-electron chi connectivity index (χ4n) is 3.01. The van der Waals surface area contributed by atoms with Crippen LogP contribution in [0.25, 0.3) is 0 Å². The van der Waals surface area contributed by atoms with Crippen LogP contribution in [0.4, 0.5) is 0 Å². The molecule has 3 heteroatoms. The number of hydrogen-bond donors (Lipinski definition) is 2. The minimum atomic E-state index is 0.705. The lowest BCUT2D eigenvalue weighted by Crippen LogP contribution is -2.51. The molecule has 3 nitrogen and oxygen atoms in total. The summed E-state index contributed by atoms with van der Waals surface area (Å²) < 4.78 is 0. The first-order chi connectivity index (χ1) is 7.78. The van der Waals surface area contributed by atoms with Gasteiger partial charge in [-0.25, -0.2) is 0 Å².